The van der Waals surface area contributed by atoms with Crippen LogP contribution in [0.25, 0.3) is 0 Å². The molecule has 6 nitrogen and oxygen atoms in total. The van der Waals surface area contributed by atoms with Crippen molar-refractivity contribution in [2.45, 2.75) is 44.6 Å². The van der Waals surface area contributed by atoms with Gasteiger partial charge in [-0.05, 0) is 24.8 Å². The van der Waals surface area contributed by atoms with Crippen molar-refractivity contribution >= 4 is 24.3 Å². The van der Waals surface area contributed by atoms with E-state index in [9.17, 15) is 9.59 Å². The van der Waals surface area contributed by atoms with Gasteiger partial charge >= 0.3 is 6.03 Å². The van der Waals surface area contributed by atoms with E-state index in [0.29, 0.717) is 19.6 Å². The van der Waals surface area contributed by atoms with Gasteiger partial charge in [-0.3, -0.25) is 4.79 Å². The number of carbonyl (C=O) groups is 2. The standard InChI is InChI=1S/C19H30N4O2.ClH/c20-12-14-23(13-11-16-7-3-1-4-8-16)18(24)15-21-19(25)22-17-9-5-2-6-10-17;/h1,3-4,7-8,17H,2,5-6,9-15,20H2,(H2,21,22,25);1H. The topological polar surface area (TPSA) is 87.5 Å². The zero-order valence-electron chi connectivity index (χ0n) is 15.3. The van der Waals surface area contributed by atoms with E-state index in [2.05, 4.69) is 10.6 Å². The van der Waals surface area contributed by atoms with E-state index in [1.165, 1.54) is 12.0 Å². The number of benzene rings is 1. The predicted molar refractivity (Wildman–Crippen MR) is 106 cm³/mol. The molecule has 0 heterocycles. The molecule has 7 heteroatoms. The van der Waals surface area contributed by atoms with Gasteiger partial charge in [-0.25, -0.2) is 4.79 Å². The predicted octanol–water partition coefficient (Wildman–Crippen LogP) is 2.07. The molecule has 1 aliphatic carbocycles. The zero-order valence-corrected chi connectivity index (χ0v) is 16.1. The summed E-state index contributed by atoms with van der Waals surface area (Å²) in [6.45, 7) is 1.52. The van der Waals surface area contributed by atoms with E-state index in [1.54, 1.807) is 4.90 Å². The third-order valence-corrected chi connectivity index (χ3v) is 4.61. The highest BCUT2D eigenvalue weighted by molar-refractivity contribution is 5.85. The van der Waals surface area contributed by atoms with Crippen molar-refractivity contribution in [1.82, 2.24) is 15.5 Å². The molecular weight excluding hydrogens is 352 g/mol. The molecule has 0 radical (unpaired) electrons. The molecule has 0 atom stereocenters. The first-order valence-electron chi connectivity index (χ1n) is 9.25. The number of nitrogens with zero attached hydrogens (tertiary/aromatic N) is 1. The lowest BCUT2D eigenvalue weighted by atomic mass is 9.96. The van der Waals surface area contributed by atoms with Crippen LogP contribution >= 0.6 is 12.4 Å². The molecule has 26 heavy (non-hydrogen) atoms. The van der Waals surface area contributed by atoms with Gasteiger partial charge in [0.1, 0.15) is 0 Å². The quantitative estimate of drug-likeness (QED) is 0.643. The van der Waals surface area contributed by atoms with Gasteiger partial charge in [0.15, 0.2) is 0 Å². The third-order valence-electron chi connectivity index (χ3n) is 4.61. The molecule has 0 bridgehead atoms. The number of nitrogens with one attached hydrogen (secondary N) is 2. The van der Waals surface area contributed by atoms with Crippen LogP contribution < -0.4 is 16.4 Å². The smallest absolute Gasteiger partial charge is 0.315 e. The van der Waals surface area contributed by atoms with Crippen LogP contribution in [0.1, 0.15) is 37.7 Å². The van der Waals surface area contributed by atoms with Crippen molar-refractivity contribution in [2.75, 3.05) is 26.2 Å². The van der Waals surface area contributed by atoms with Crippen LogP contribution in [0.4, 0.5) is 4.79 Å². The molecule has 1 saturated carbocycles. The highest BCUT2D eigenvalue weighted by Crippen LogP contribution is 2.17. The van der Waals surface area contributed by atoms with Crippen LogP contribution in [0.5, 0.6) is 0 Å². The van der Waals surface area contributed by atoms with Gasteiger partial charge in [0.2, 0.25) is 5.91 Å². The second-order valence-electron chi connectivity index (χ2n) is 6.57. The van der Waals surface area contributed by atoms with Gasteiger partial charge in [0.25, 0.3) is 0 Å². The fraction of sp³-hybridized carbons (Fsp3) is 0.579. The summed E-state index contributed by atoms with van der Waals surface area (Å²) in [5.74, 6) is -0.0971. The van der Waals surface area contributed by atoms with Gasteiger partial charge in [-0.2, -0.15) is 0 Å². The number of halogens is 1. The minimum Gasteiger partial charge on any atom is -0.340 e. The summed E-state index contributed by atoms with van der Waals surface area (Å²) >= 11 is 0. The van der Waals surface area contributed by atoms with E-state index in [4.69, 9.17) is 5.73 Å². The minimum atomic E-state index is -0.254. The normalized spacial score (nSPS) is 14.2. The first-order chi connectivity index (χ1) is 12.2. The molecule has 0 aliphatic heterocycles. The number of hydrogen-bond acceptors (Lipinski definition) is 3. The molecule has 0 aromatic heterocycles. The van der Waals surface area contributed by atoms with E-state index in [0.717, 1.165) is 32.1 Å². The Morgan fingerprint density at radius 2 is 1.77 bits per heavy atom. The number of hydrogen-bond donors (Lipinski definition) is 3. The Kier molecular flexibility index (Phi) is 10.7. The Morgan fingerprint density at radius 3 is 2.42 bits per heavy atom. The Bertz CT molecular complexity index is 536. The Balaban J connectivity index is 0.00000338. The Morgan fingerprint density at radius 1 is 1.08 bits per heavy atom. The number of carbonyl (C=O) groups excluding carboxylic acids is 2. The fourth-order valence-corrected chi connectivity index (χ4v) is 3.18. The first-order valence-corrected chi connectivity index (χ1v) is 9.25. The second-order valence-corrected chi connectivity index (χ2v) is 6.57. The Labute approximate surface area is 162 Å². The molecule has 1 aromatic carbocycles. The summed E-state index contributed by atoms with van der Waals surface area (Å²) in [7, 11) is 0. The Hall–Kier alpha value is -1.79. The van der Waals surface area contributed by atoms with Crippen molar-refractivity contribution in [3.8, 4) is 0 Å². The van der Waals surface area contributed by atoms with Crippen molar-refractivity contribution in [1.29, 1.82) is 0 Å². The van der Waals surface area contributed by atoms with Gasteiger partial charge in [0, 0.05) is 25.7 Å². The molecule has 0 unspecified atom stereocenters. The summed E-state index contributed by atoms with van der Waals surface area (Å²) in [5.41, 5.74) is 6.80. The lowest BCUT2D eigenvalue weighted by molar-refractivity contribution is -0.130. The van der Waals surface area contributed by atoms with Gasteiger partial charge in [-0.1, -0.05) is 49.6 Å². The summed E-state index contributed by atoms with van der Waals surface area (Å²) in [6, 6.07) is 10.0. The van der Waals surface area contributed by atoms with Crippen LogP contribution in [0, 0.1) is 0 Å². The van der Waals surface area contributed by atoms with Crippen LogP contribution in [0.2, 0.25) is 0 Å². The van der Waals surface area contributed by atoms with Crippen LogP contribution in [-0.4, -0.2) is 49.1 Å². The second kappa shape index (κ2) is 12.5. The van der Waals surface area contributed by atoms with Crippen molar-refractivity contribution in [2.24, 2.45) is 5.73 Å². The highest BCUT2D eigenvalue weighted by Gasteiger charge is 2.17. The van der Waals surface area contributed by atoms with Gasteiger partial charge in [-0.15, -0.1) is 12.4 Å². The number of rotatable bonds is 8. The largest absolute Gasteiger partial charge is 0.340 e. The lowest BCUT2D eigenvalue weighted by Gasteiger charge is -2.24. The van der Waals surface area contributed by atoms with Crippen molar-refractivity contribution in [3.63, 3.8) is 0 Å². The van der Waals surface area contributed by atoms with Crippen molar-refractivity contribution < 1.29 is 9.59 Å². The molecule has 1 fully saturated rings. The maximum Gasteiger partial charge on any atom is 0.315 e. The van der Waals surface area contributed by atoms with Crippen LogP contribution in [0.15, 0.2) is 30.3 Å². The van der Waals surface area contributed by atoms with Gasteiger partial charge < -0.3 is 21.3 Å². The van der Waals surface area contributed by atoms with Crippen molar-refractivity contribution in [3.05, 3.63) is 35.9 Å². The molecule has 2 rings (SSSR count). The molecule has 146 valence electrons. The maximum atomic E-state index is 12.4. The van der Waals surface area contributed by atoms with Crippen LogP contribution in [-0.2, 0) is 11.2 Å². The average Bonchev–Trinajstić information content (AvgIpc) is 2.65. The van der Waals surface area contributed by atoms with E-state index in [-0.39, 0.29) is 36.9 Å². The molecule has 1 aliphatic rings. The average molecular weight is 383 g/mol. The fourth-order valence-electron chi connectivity index (χ4n) is 3.18. The zero-order chi connectivity index (χ0) is 17.9. The lowest BCUT2D eigenvalue weighted by Crippen LogP contribution is -2.48. The summed E-state index contributed by atoms with van der Waals surface area (Å²) < 4.78 is 0. The maximum absolute atomic E-state index is 12.4. The monoisotopic (exact) mass is 382 g/mol. The van der Waals surface area contributed by atoms with E-state index >= 15 is 0 Å². The summed E-state index contributed by atoms with van der Waals surface area (Å²) in [5, 5.41) is 5.64. The molecule has 1 aromatic rings. The molecule has 0 spiro atoms. The van der Waals surface area contributed by atoms with E-state index in [1.807, 2.05) is 30.3 Å². The SMILES string of the molecule is Cl.NCCN(CCc1ccccc1)C(=O)CNC(=O)NC1CCCCC1. The first kappa shape index (κ1) is 22.3. The number of nitrogens with two attached hydrogens (primary N) is 1. The number of amides is 3. The molecule has 4 N–H and O–H groups in total. The van der Waals surface area contributed by atoms with Crippen LogP contribution in [0.3, 0.4) is 0 Å². The molecular formula is C19H31ClN4O2. The summed E-state index contributed by atoms with van der Waals surface area (Å²) in [4.78, 5) is 26.1. The summed E-state index contributed by atoms with van der Waals surface area (Å²) in [6.07, 6.45) is 6.39. The molecule has 3 amide bonds. The highest BCUT2D eigenvalue weighted by atomic mass is 35.5. The number of urea groups is 1. The molecule has 0 saturated heterocycles. The van der Waals surface area contributed by atoms with E-state index < -0.39 is 0 Å². The van der Waals surface area contributed by atoms with Gasteiger partial charge in [0.05, 0.1) is 6.54 Å². The third kappa shape index (κ3) is 8.06. The minimum absolute atomic E-state index is 0.